The highest BCUT2D eigenvalue weighted by Crippen LogP contribution is 2.20. The van der Waals surface area contributed by atoms with E-state index in [2.05, 4.69) is 22.1 Å². The number of likely N-dealkylation sites (tertiary alicyclic amines) is 1. The molecule has 0 bridgehead atoms. The van der Waals surface area contributed by atoms with Crippen LogP contribution in [0.3, 0.4) is 0 Å². The summed E-state index contributed by atoms with van der Waals surface area (Å²) in [5.41, 5.74) is 1.33. The van der Waals surface area contributed by atoms with Gasteiger partial charge in [0, 0.05) is 35.6 Å². The van der Waals surface area contributed by atoms with Gasteiger partial charge in [0.15, 0.2) is 0 Å². The van der Waals surface area contributed by atoms with Gasteiger partial charge in [0.25, 0.3) is 5.91 Å². The van der Waals surface area contributed by atoms with E-state index < -0.39 is 0 Å². The van der Waals surface area contributed by atoms with Gasteiger partial charge in [-0.3, -0.25) is 9.59 Å². The molecule has 1 fully saturated rings. The van der Waals surface area contributed by atoms with Crippen LogP contribution in [0.1, 0.15) is 40.9 Å². The van der Waals surface area contributed by atoms with Gasteiger partial charge in [-0.2, -0.15) is 0 Å². The molecule has 2 aromatic rings. The number of rotatable bonds is 8. The van der Waals surface area contributed by atoms with Crippen molar-refractivity contribution in [1.29, 1.82) is 0 Å². The highest BCUT2D eigenvalue weighted by atomic mass is 35.5. The van der Waals surface area contributed by atoms with E-state index in [9.17, 15) is 9.59 Å². The van der Waals surface area contributed by atoms with Crippen LogP contribution < -0.4 is 10.6 Å². The van der Waals surface area contributed by atoms with E-state index in [1.54, 1.807) is 17.4 Å². The first-order chi connectivity index (χ1) is 13.7. The molecule has 0 radical (unpaired) electrons. The zero-order chi connectivity index (χ0) is 19.8. The Balaban J connectivity index is 0.00000300. The summed E-state index contributed by atoms with van der Waals surface area (Å²) in [5.74, 6) is 0.694. The molecule has 29 heavy (non-hydrogen) atoms. The molecule has 2 heterocycles. The molecule has 5 nitrogen and oxygen atoms in total. The summed E-state index contributed by atoms with van der Waals surface area (Å²) in [4.78, 5) is 28.2. The van der Waals surface area contributed by atoms with Gasteiger partial charge in [0.1, 0.15) is 0 Å². The van der Waals surface area contributed by atoms with Crippen LogP contribution in [0.5, 0.6) is 0 Å². The quantitative estimate of drug-likeness (QED) is 0.653. The second kappa shape index (κ2) is 12.0. The van der Waals surface area contributed by atoms with Crippen LogP contribution in [0, 0.1) is 5.92 Å². The third kappa shape index (κ3) is 7.14. The van der Waals surface area contributed by atoms with E-state index in [1.807, 2.05) is 36.2 Å². The smallest absolute Gasteiger partial charge is 0.253 e. The second-order valence-electron chi connectivity index (χ2n) is 7.36. The van der Waals surface area contributed by atoms with Crippen LogP contribution in [0.2, 0.25) is 0 Å². The molecule has 0 saturated carbocycles. The molecular formula is C22H30ClN3O2S. The van der Waals surface area contributed by atoms with Gasteiger partial charge in [-0.15, -0.1) is 23.7 Å². The number of hydrogen-bond donors (Lipinski definition) is 2. The van der Waals surface area contributed by atoms with Crippen molar-refractivity contribution in [3.63, 3.8) is 0 Å². The van der Waals surface area contributed by atoms with Crippen molar-refractivity contribution in [3.8, 4) is 0 Å². The van der Waals surface area contributed by atoms with Gasteiger partial charge in [0.05, 0.1) is 0 Å². The van der Waals surface area contributed by atoms with Gasteiger partial charge in [-0.1, -0.05) is 12.1 Å². The number of thiophene rings is 1. The largest absolute Gasteiger partial charge is 0.339 e. The van der Waals surface area contributed by atoms with Crippen LogP contribution in [0.15, 0.2) is 41.8 Å². The molecule has 1 aliphatic heterocycles. The topological polar surface area (TPSA) is 61.4 Å². The minimum absolute atomic E-state index is 0. The highest BCUT2D eigenvalue weighted by Gasteiger charge is 2.23. The number of halogens is 1. The fraction of sp³-hybridized carbons (Fsp3) is 0.455. The Morgan fingerprint density at radius 1 is 1.17 bits per heavy atom. The van der Waals surface area contributed by atoms with Crippen molar-refractivity contribution in [2.75, 3.05) is 32.0 Å². The van der Waals surface area contributed by atoms with Crippen LogP contribution in [0.4, 0.5) is 5.69 Å². The van der Waals surface area contributed by atoms with E-state index >= 15 is 0 Å². The van der Waals surface area contributed by atoms with Crippen LogP contribution in [-0.2, 0) is 11.2 Å². The van der Waals surface area contributed by atoms with Crippen molar-refractivity contribution in [2.24, 2.45) is 5.92 Å². The van der Waals surface area contributed by atoms with Crippen LogP contribution in [-0.4, -0.2) is 43.4 Å². The summed E-state index contributed by atoms with van der Waals surface area (Å²) < 4.78 is 0. The lowest BCUT2D eigenvalue weighted by atomic mass is 9.96. The number of piperidine rings is 1. The van der Waals surface area contributed by atoms with E-state index in [4.69, 9.17) is 0 Å². The first kappa shape index (κ1) is 23.4. The molecule has 7 heteroatoms. The molecule has 0 aliphatic carbocycles. The number of carbonyl (C=O) groups excluding carboxylic acids is 2. The van der Waals surface area contributed by atoms with Gasteiger partial charge in [-0.05, 0) is 74.8 Å². The van der Waals surface area contributed by atoms with Crippen molar-refractivity contribution in [2.45, 2.75) is 32.1 Å². The standard InChI is InChI=1S/C22H29N3O2S.ClH/c1-23-16-17-10-12-25(13-11-17)22(27)18-5-2-6-19(15-18)24-21(26)9-3-7-20-8-4-14-28-20;/h2,4-6,8,14-15,17,23H,3,7,9-13,16H2,1H3,(H,24,26);1H. The first-order valence-corrected chi connectivity index (χ1v) is 10.9. The Kier molecular flexibility index (Phi) is 9.64. The number of amides is 2. The summed E-state index contributed by atoms with van der Waals surface area (Å²) in [6.45, 7) is 2.60. The van der Waals surface area contributed by atoms with Crippen molar-refractivity contribution >= 4 is 41.2 Å². The number of aryl methyl sites for hydroxylation is 1. The maximum Gasteiger partial charge on any atom is 0.253 e. The predicted octanol–water partition coefficient (Wildman–Crippen LogP) is 4.20. The maximum absolute atomic E-state index is 12.8. The molecule has 2 N–H and O–H groups in total. The molecule has 0 atom stereocenters. The Morgan fingerprint density at radius 2 is 1.97 bits per heavy atom. The summed E-state index contributed by atoms with van der Waals surface area (Å²) in [5, 5.41) is 8.20. The fourth-order valence-electron chi connectivity index (χ4n) is 3.64. The van der Waals surface area contributed by atoms with E-state index in [1.165, 1.54) is 4.88 Å². The second-order valence-corrected chi connectivity index (χ2v) is 8.39. The molecule has 1 saturated heterocycles. The normalized spacial score (nSPS) is 14.3. The Morgan fingerprint density at radius 3 is 2.66 bits per heavy atom. The zero-order valence-electron chi connectivity index (χ0n) is 16.9. The number of benzene rings is 1. The Labute approximate surface area is 183 Å². The summed E-state index contributed by atoms with van der Waals surface area (Å²) in [6.07, 6.45) is 4.30. The molecule has 1 aliphatic rings. The number of carbonyl (C=O) groups is 2. The van der Waals surface area contributed by atoms with Crippen molar-refractivity contribution in [1.82, 2.24) is 10.2 Å². The lowest BCUT2D eigenvalue weighted by molar-refractivity contribution is -0.116. The monoisotopic (exact) mass is 435 g/mol. The van der Waals surface area contributed by atoms with E-state index in [-0.39, 0.29) is 24.2 Å². The third-order valence-corrected chi connectivity index (χ3v) is 6.13. The lowest BCUT2D eigenvalue weighted by Gasteiger charge is -2.32. The number of nitrogens with one attached hydrogen (secondary N) is 2. The number of anilines is 1. The predicted molar refractivity (Wildman–Crippen MR) is 122 cm³/mol. The minimum Gasteiger partial charge on any atom is -0.339 e. The van der Waals surface area contributed by atoms with E-state index in [0.29, 0.717) is 23.6 Å². The first-order valence-electron chi connectivity index (χ1n) is 10.0. The molecule has 1 aromatic heterocycles. The number of hydrogen-bond acceptors (Lipinski definition) is 4. The SMILES string of the molecule is CNCC1CCN(C(=O)c2cccc(NC(=O)CCCc3cccs3)c2)CC1.Cl. The maximum atomic E-state index is 12.8. The molecule has 158 valence electrons. The average molecular weight is 436 g/mol. The van der Waals surface area contributed by atoms with Crippen molar-refractivity contribution < 1.29 is 9.59 Å². The van der Waals surface area contributed by atoms with Gasteiger partial charge in [0.2, 0.25) is 5.91 Å². The van der Waals surface area contributed by atoms with E-state index in [0.717, 1.165) is 45.3 Å². The zero-order valence-corrected chi connectivity index (χ0v) is 18.5. The Hall–Kier alpha value is -1.89. The fourth-order valence-corrected chi connectivity index (χ4v) is 4.39. The van der Waals surface area contributed by atoms with Crippen molar-refractivity contribution in [3.05, 3.63) is 52.2 Å². The molecule has 0 unspecified atom stereocenters. The lowest BCUT2D eigenvalue weighted by Crippen LogP contribution is -2.40. The molecular weight excluding hydrogens is 406 g/mol. The van der Waals surface area contributed by atoms with Gasteiger partial charge in [-0.25, -0.2) is 0 Å². The number of nitrogens with zero attached hydrogens (tertiary/aromatic N) is 1. The summed E-state index contributed by atoms with van der Waals surface area (Å²) in [6, 6.07) is 11.4. The van der Waals surface area contributed by atoms with Crippen LogP contribution in [0.25, 0.3) is 0 Å². The van der Waals surface area contributed by atoms with Gasteiger partial charge >= 0.3 is 0 Å². The van der Waals surface area contributed by atoms with Gasteiger partial charge < -0.3 is 15.5 Å². The minimum atomic E-state index is -0.00552. The molecule has 0 spiro atoms. The molecule has 2 amide bonds. The highest BCUT2D eigenvalue weighted by molar-refractivity contribution is 7.09. The summed E-state index contributed by atoms with van der Waals surface area (Å²) in [7, 11) is 1.97. The molecule has 1 aromatic carbocycles. The molecule has 3 rings (SSSR count). The third-order valence-electron chi connectivity index (χ3n) is 5.19. The average Bonchev–Trinajstić information content (AvgIpc) is 3.22. The van der Waals surface area contributed by atoms with Crippen LogP contribution >= 0.6 is 23.7 Å². The summed E-state index contributed by atoms with van der Waals surface area (Å²) >= 11 is 1.72. The Bertz CT molecular complexity index is 774.